The summed E-state index contributed by atoms with van der Waals surface area (Å²) in [5.74, 6) is 0.668. The molecule has 0 spiro atoms. The molecule has 0 aromatic rings. The lowest BCUT2D eigenvalue weighted by Crippen LogP contribution is -2.47. The van der Waals surface area contributed by atoms with Gasteiger partial charge in [0.25, 0.3) is 0 Å². The summed E-state index contributed by atoms with van der Waals surface area (Å²) >= 11 is 1.68. The number of rotatable bonds is 6. The lowest BCUT2D eigenvalue weighted by atomic mass is 10.0. The van der Waals surface area contributed by atoms with E-state index in [-0.39, 0.29) is 16.6 Å². The van der Waals surface area contributed by atoms with Gasteiger partial charge in [0.15, 0.2) is 0 Å². The second kappa shape index (κ2) is 6.64. The van der Waals surface area contributed by atoms with Crippen molar-refractivity contribution in [3.05, 3.63) is 0 Å². The van der Waals surface area contributed by atoms with E-state index in [2.05, 4.69) is 27.7 Å². The third kappa shape index (κ3) is 5.05. The number of nitrogens with zero attached hydrogens (tertiary/aromatic N) is 1. The number of likely N-dealkylation sites (tertiary alicyclic amines) is 1. The molecule has 2 unspecified atom stereocenters. The number of amides is 2. The van der Waals surface area contributed by atoms with E-state index in [0.29, 0.717) is 24.6 Å². The molecule has 1 fully saturated rings. The van der Waals surface area contributed by atoms with E-state index in [1.54, 1.807) is 16.7 Å². The molecule has 1 heterocycles. The summed E-state index contributed by atoms with van der Waals surface area (Å²) in [6, 6.07) is -0.460. The van der Waals surface area contributed by atoms with Gasteiger partial charge in [-0.1, -0.05) is 34.1 Å². The van der Waals surface area contributed by atoms with E-state index in [1.165, 1.54) is 0 Å². The van der Waals surface area contributed by atoms with Crippen LogP contribution in [0.1, 0.15) is 47.0 Å². The first-order valence-electron chi connectivity index (χ1n) is 6.97. The molecular weight excluding hydrogens is 260 g/mol. The van der Waals surface area contributed by atoms with Crippen molar-refractivity contribution < 1.29 is 9.59 Å². The maximum Gasteiger partial charge on any atom is 0.241 e. The molecule has 110 valence electrons. The Morgan fingerprint density at radius 2 is 2.16 bits per heavy atom. The second-order valence-corrected chi connectivity index (χ2v) is 8.09. The summed E-state index contributed by atoms with van der Waals surface area (Å²) in [5, 5.41) is 0. The van der Waals surface area contributed by atoms with Crippen LogP contribution in [0, 0.1) is 5.92 Å². The minimum Gasteiger partial charge on any atom is -0.368 e. The molecular formula is C14H26N2O2S. The lowest BCUT2D eigenvalue weighted by Gasteiger charge is -2.28. The van der Waals surface area contributed by atoms with Crippen LogP contribution in [0.15, 0.2) is 0 Å². The monoisotopic (exact) mass is 286 g/mol. The third-order valence-corrected chi connectivity index (χ3v) is 4.66. The summed E-state index contributed by atoms with van der Waals surface area (Å²) < 4.78 is 0.0687. The fourth-order valence-corrected chi connectivity index (χ4v) is 3.37. The van der Waals surface area contributed by atoms with Gasteiger partial charge >= 0.3 is 0 Å². The highest BCUT2D eigenvalue weighted by Gasteiger charge is 2.36. The normalized spacial score (nSPS) is 21.8. The Labute approximate surface area is 120 Å². The molecule has 0 aromatic carbocycles. The highest BCUT2D eigenvalue weighted by molar-refractivity contribution is 8.00. The maximum atomic E-state index is 12.0. The van der Waals surface area contributed by atoms with E-state index in [9.17, 15) is 9.59 Å². The minimum absolute atomic E-state index is 0.0687. The Hall–Kier alpha value is -0.710. The number of nitrogens with two attached hydrogens (primary N) is 1. The number of carbonyl (C=O) groups is 2. The number of hydrogen-bond acceptors (Lipinski definition) is 3. The van der Waals surface area contributed by atoms with Crippen LogP contribution in [0.5, 0.6) is 0 Å². The molecule has 0 saturated carbocycles. The Morgan fingerprint density at radius 3 is 2.63 bits per heavy atom. The van der Waals surface area contributed by atoms with Crippen LogP contribution in [-0.4, -0.2) is 39.8 Å². The van der Waals surface area contributed by atoms with Crippen LogP contribution in [0.25, 0.3) is 0 Å². The van der Waals surface area contributed by atoms with Crippen molar-refractivity contribution in [2.75, 3.05) is 12.3 Å². The quantitative estimate of drug-likeness (QED) is 0.812. The molecule has 2 amide bonds. The van der Waals surface area contributed by atoms with Gasteiger partial charge in [0, 0.05) is 23.5 Å². The topological polar surface area (TPSA) is 63.4 Å². The summed E-state index contributed by atoms with van der Waals surface area (Å²) in [6.45, 7) is 9.10. The molecule has 0 aliphatic carbocycles. The number of hydrogen-bond donors (Lipinski definition) is 1. The number of primary amides is 1. The standard InChI is InChI=1S/C14H26N2O2S/c1-5-6-10-7-12(17)16(8-10)11(13(15)18)9-19-14(2,3)4/h10-11H,5-9H2,1-4H3,(H2,15,18). The molecule has 1 aliphatic rings. The van der Waals surface area contributed by atoms with Gasteiger partial charge in [0.1, 0.15) is 6.04 Å². The molecule has 1 aliphatic heterocycles. The zero-order valence-corrected chi connectivity index (χ0v) is 13.3. The molecule has 1 rings (SSSR count). The van der Waals surface area contributed by atoms with Crippen LogP contribution >= 0.6 is 11.8 Å². The summed E-state index contributed by atoms with van der Waals surface area (Å²) in [4.78, 5) is 25.4. The molecule has 2 atom stereocenters. The van der Waals surface area contributed by atoms with Crippen LogP contribution < -0.4 is 5.73 Å². The van der Waals surface area contributed by atoms with Gasteiger partial charge in [-0.05, 0) is 12.3 Å². The van der Waals surface area contributed by atoms with Crippen molar-refractivity contribution in [2.45, 2.75) is 57.7 Å². The van der Waals surface area contributed by atoms with Crippen molar-refractivity contribution in [2.24, 2.45) is 11.7 Å². The first-order valence-corrected chi connectivity index (χ1v) is 7.96. The van der Waals surface area contributed by atoms with Gasteiger partial charge < -0.3 is 10.6 Å². The smallest absolute Gasteiger partial charge is 0.241 e. The molecule has 0 radical (unpaired) electrons. The highest BCUT2D eigenvalue weighted by atomic mass is 32.2. The van der Waals surface area contributed by atoms with Gasteiger partial charge in [-0.25, -0.2) is 0 Å². The molecule has 2 N–H and O–H groups in total. The average molecular weight is 286 g/mol. The van der Waals surface area contributed by atoms with Crippen LogP contribution in [0.4, 0.5) is 0 Å². The van der Waals surface area contributed by atoms with Gasteiger partial charge in [-0.15, -0.1) is 0 Å². The van der Waals surface area contributed by atoms with Crippen molar-refractivity contribution >= 4 is 23.6 Å². The summed E-state index contributed by atoms with van der Waals surface area (Å²) in [6.07, 6.45) is 2.68. The fraction of sp³-hybridized carbons (Fsp3) is 0.857. The van der Waals surface area contributed by atoms with Crippen molar-refractivity contribution in [3.8, 4) is 0 Å². The molecule has 0 aromatic heterocycles. The first-order chi connectivity index (χ1) is 8.74. The highest BCUT2D eigenvalue weighted by Crippen LogP contribution is 2.29. The molecule has 5 heteroatoms. The van der Waals surface area contributed by atoms with E-state index in [4.69, 9.17) is 5.73 Å². The summed E-state index contributed by atoms with van der Waals surface area (Å²) in [7, 11) is 0. The largest absolute Gasteiger partial charge is 0.368 e. The Morgan fingerprint density at radius 1 is 1.53 bits per heavy atom. The van der Waals surface area contributed by atoms with E-state index in [0.717, 1.165) is 12.8 Å². The van der Waals surface area contributed by atoms with Gasteiger partial charge in [0.05, 0.1) is 0 Å². The number of carbonyl (C=O) groups excluding carboxylic acids is 2. The Balaban J connectivity index is 2.66. The predicted octanol–water partition coefficient (Wildman–Crippen LogP) is 2.02. The third-order valence-electron chi connectivity index (χ3n) is 3.31. The molecule has 19 heavy (non-hydrogen) atoms. The SMILES string of the molecule is CCCC1CC(=O)N(C(CSC(C)(C)C)C(N)=O)C1. The van der Waals surface area contributed by atoms with Crippen molar-refractivity contribution in [1.29, 1.82) is 0 Å². The number of thioether (sulfide) groups is 1. The predicted molar refractivity (Wildman–Crippen MR) is 79.9 cm³/mol. The van der Waals surface area contributed by atoms with Gasteiger partial charge in [0.2, 0.25) is 11.8 Å². The zero-order valence-electron chi connectivity index (χ0n) is 12.4. The Bertz CT molecular complexity index is 339. The minimum atomic E-state index is -0.460. The first kappa shape index (κ1) is 16.3. The average Bonchev–Trinajstić information content (AvgIpc) is 2.58. The van der Waals surface area contributed by atoms with Gasteiger partial charge in [-0.2, -0.15) is 11.8 Å². The lowest BCUT2D eigenvalue weighted by molar-refractivity contribution is -0.135. The van der Waals surface area contributed by atoms with Crippen molar-refractivity contribution in [1.82, 2.24) is 4.90 Å². The fourth-order valence-electron chi connectivity index (χ4n) is 2.37. The van der Waals surface area contributed by atoms with Crippen LogP contribution in [-0.2, 0) is 9.59 Å². The van der Waals surface area contributed by atoms with E-state index in [1.807, 2.05) is 0 Å². The van der Waals surface area contributed by atoms with E-state index < -0.39 is 6.04 Å². The van der Waals surface area contributed by atoms with Crippen LogP contribution in [0.3, 0.4) is 0 Å². The summed E-state index contributed by atoms with van der Waals surface area (Å²) in [5.41, 5.74) is 5.48. The van der Waals surface area contributed by atoms with Crippen LogP contribution in [0.2, 0.25) is 0 Å². The van der Waals surface area contributed by atoms with E-state index >= 15 is 0 Å². The Kier molecular flexibility index (Phi) is 5.71. The zero-order chi connectivity index (χ0) is 14.6. The molecule has 1 saturated heterocycles. The maximum absolute atomic E-state index is 12.0. The van der Waals surface area contributed by atoms with Crippen molar-refractivity contribution in [3.63, 3.8) is 0 Å². The molecule has 4 nitrogen and oxygen atoms in total. The molecule has 0 bridgehead atoms. The second-order valence-electron chi connectivity index (χ2n) is 6.25. The van der Waals surface area contributed by atoms with Gasteiger partial charge in [-0.3, -0.25) is 9.59 Å².